The Kier molecular flexibility index (Phi) is 10.1. The van der Waals surface area contributed by atoms with Crippen molar-refractivity contribution in [1.29, 1.82) is 0 Å². The average Bonchev–Trinajstić information content (AvgIpc) is 4.11. The van der Waals surface area contributed by atoms with E-state index in [2.05, 4.69) is 89.5 Å². The van der Waals surface area contributed by atoms with Crippen molar-refractivity contribution in [3.8, 4) is 22.5 Å². The standard InChI is InChI=1S/C22H24N4O3S.C18H16BrN3O/c27-20(18-8-9-18)14-21-23-22-3-1-2-19(26(22)24-21)17-6-4-16(5-7-17)15-25-10-12-30(28,29)13-11-25;19-11-12-4-6-13(7-5-12)15-2-1-3-18-20-17(21-22(15)18)10-16(23)14-8-9-14/h1-7,18H,8-15H2;1-7,14H,8-11H2. The van der Waals surface area contributed by atoms with Crippen LogP contribution in [0.15, 0.2) is 84.9 Å². The van der Waals surface area contributed by atoms with Gasteiger partial charge in [0.1, 0.15) is 11.6 Å². The van der Waals surface area contributed by atoms with Gasteiger partial charge in [0.15, 0.2) is 32.8 Å². The van der Waals surface area contributed by atoms with Gasteiger partial charge in [0.25, 0.3) is 0 Å². The Balaban J connectivity index is 0.000000156. The molecule has 2 saturated carbocycles. The lowest BCUT2D eigenvalue weighted by Gasteiger charge is -2.26. The third kappa shape index (κ3) is 8.47. The van der Waals surface area contributed by atoms with E-state index in [1.807, 2.05) is 40.9 Å². The quantitative estimate of drug-likeness (QED) is 0.146. The number of aromatic nitrogens is 6. The number of alkyl halides is 1. The van der Waals surface area contributed by atoms with Gasteiger partial charge < -0.3 is 0 Å². The van der Waals surface area contributed by atoms with Crippen LogP contribution in [0.1, 0.15) is 48.5 Å². The smallest absolute Gasteiger partial charge is 0.159 e. The zero-order valence-corrected chi connectivity index (χ0v) is 31.7. The SMILES string of the molecule is O=C(Cc1nc2cccc(-c3ccc(CBr)cc3)n2n1)C1CC1.O=C(Cc1nc2cccc(-c3ccc(CN4CCS(=O)(=O)CC4)cc3)n2n1)C1CC1. The molecule has 11 nitrogen and oxygen atoms in total. The van der Waals surface area contributed by atoms with Gasteiger partial charge in [0.2, 0.25) is 0 Å². The van der Waals surface area contributed by atoms with Crippen LogP contribution < -0.4 is 0 Å². The molecule has 13 heteroatoms. The summed E-state index contributed by atoms with van der Waals surface area (Å²) in [6, 6.07) is 28.4. The molecule has 0 bridgehead atoms. The van der Waals surface area contributed by atoms with E-state index in [9.17, 15) is 18.0 Å². The molecule has 1 saturated heterocycles. The molecule has 0 atom stereocenters. The van der Waals surface area contributed by atoms with Gasteiger partial charge in [-0.3, -0.25) is 14.5 Å². The Morgan fingerprint density at radius 2 is 1.09 bits per heavy atom. The molecule has 0 radical (unpaired) electrons. The highest BCUT2D eigenvalue weighted by Gasteiger charge is 2.31. The molecule has 2 aliphatic carbocycles. The second-order valence-electron chi connectivity index (χ2n) is 14.2. The van der Waals surface area contributed by atoms with Crippen molar-refractivity contribution in [1.82, 2.24) is 34.1 Å². The van der Waals surface area contributed by atoms with Crippen molar-refractivity contribution in [2.24, 2.45) is 11.8 Å². The van der Waals surface area contributed by atoms with Crippen molar-refractivity contribution in [2.45, 2.75) is 50.4 Å². The Labute approximate surface area is 316 Å². The number of halogens is 1. The molecule has 1 aliphatic heterocycles. The number of rotatable bonds is 11. The first-order valence-corrected chi connectivity index (χ1v) is 21.1. The summed E-state index contributed by atoms with van der Waals surface area (Å²) < 4.78 is 26.8. The van der Waals surface area contributed by atoms with Gasteiger partial charge in [-0.25, -0.2) is 27.4 Å². The summed E-state index contributed by atoms with van der Waals surface area (Å²) >= 11 is 3.46. The first-order valence-electron chi connectivity index (χ1n) is 18.1. The van der Waals surface area contributed by atoms with E-state index < -0.39 is 9.84 Å². The average molecular weight is 795 g/mol. The van der Waals surface area contributed by atoms with Gasteiger partial charge in [-0.2, -0.15) is 10.2 Å². The molecule has 4 aromatic heterocycles. The second kappa shape index (κ2) is 15.0. The summed E-state index contributed by atoms with van der Waals surface area (Å²) in [5, 5.41) is 9.99. The predicted molar refractivity (Wildman–Crippen MR) is 206 cm³/mol. The molecule has 6 aromatic rings. The Bertz CT molecular complexity index is 2390. The lowest BCUT2D eigenvalue weighted by molar-refractivity contribution is -0.120. The molecule has 9 rings (SSSR count). The van der Waals surface area contributed by atoms with Gasteiger partial charge >= 0.3 is 0 Å². The summed E-state index contributed by atoms with van der Waals surface area (Å²) in [7, 11) is -2.86. The summed E-state index contributed by atoms with van der Waals surface area (Å²) in [6.07, 6.45) is 4.69. The molecule has 0 amide bonds. The van der Waals surface area contributed by atoms with Gasteiger partial charge in [0.05, 0.1) is 35.7 Å². The van der Waals surface area contributed by atoms with E-state index in [0.717, 1.165) is 76.9 Å². The van der Waals surface area contributed by atoms with Crippen LogP contribution in [0.4, 0.5) is 0 Å². The minimum Gasteiger partial charge on any atom is -0.299 e. The predicted octanol–water partition coefficient (Wildman–Crippen LogP) is 5.96. The third-order valence-corrected chi connectivity index (χ3v) is 12.3. The number of sulfone groups is 1. The fourth-order valence-corrected chi connectivity index (χ4v) is 8.26. The molecular formula is C40H40BrN7O4S. The Morgan fingerprint density at radius 3 is 1.53 bits per heavy atom. The first kappa shape index (κ1) is 35.4. The number of fused-ring (bicyclic) bond motifs is 2. The fourth-order valence-electron chi connectivity index (χ4n) is 6.61. The molecule has 2 aromatic carbocycles. The van der Waals surface area contributed by atoms with Crippen molar-refractivity contribution < 1.29 is 18.0 Å². The number of pyridine rings is 2. The van der Waals surface area contributed by atoms with Gasteiger partial charge in [-0.05, 0) is 61.1 Å². The number of Topliss-reactive ketones (excluding diaryl/α,β-unsaturated/α-hetero) is 2. The maximum Gasteiger partial charge on any atom is 0.159 e. The molecule has 0 spiro atoms. The van der Waals surface area contributed by atoms with Gasteiger partial charge in [-0.1, -0.05) is 76.6 Å². The molecule has 3 fully saturated rings. The summed E-state index contributed by atoms with van der Waals surface area (Å²) in [4.78, 5) is 35.3. The Hall–Kier alpha value is -4.59. The van der Waals surface area contributed by atoms with E-state index in [4.69, 9.17) is 0 Å². The number of hydrogen-bond donors (Lipinski definition) is 0. The number of benzene rings is 2. The minimum atomic E-state index is -2.86. The number of ketones is 2. The van der Waals surface area contributed by atoms with Crippen LogP contribution in [0.2, 0.25) is 0 Å². The maximum absolute atomic E-state index is 12.1. The zero-order chi connectivity index (χ0) is 36.5. The van der Waals surface area contributed by atoms with Crippen molar-refractivity contribution in [3.05, 3.63) is 108 Å². The van der Waals surface area contributed by atoms with Gasteiger partial charge in [0, 0.05) is 47.9 Å². The maximum atomic E-state index is 12.1. The van der Waals surface area contributed by atoms with E-state index in [1.165, 1.54) is 5.56 Å². The van der Waals surface area contributed by atoms with Crippen LogP contribution >= 0.6 is 15.9 Å². The highest BCUT2D eigenvalue weighted by Crippen LogP contribution is 2.32. The van der Waals surface area contributed by atoms with Crippen LogP contribution in [0.25, 0.3) is 33.8 Å². The third-order valence-electron chi connectivity index (χ3n) is 10.0. The van der Waals surface area contributed by atoms with Crippen LogP contribution in [-0.2, 0) is 44.1 Å². The summed E-state index contributed by atoms with van der Waals surface area (Å²) in [6.45, 7) is 1.92. The van der Waals surface area contributed by atoms with E-state index in [1.54, 1.807) is 4.52 Å². The van der Waals surface area contributed by atoms with Crippen LogP contribution in [0.5, 0.6) is 0 Å². The van der Waals surface area contributed by atoms with Crippen LogP contribution in [0, 0.1) is 11.8 Å². The number of carbonyl (C=O) groups is 2. The van der Waals surface area contributed by atoms with Crippen LogP contribution in [-0.4, -0.2) is 78.7 Å². The molecule has 0 N–H and O–H groups in total. The van der Waals surface area contributed by atoms with Crippen LogP contribution in [0.3, 0.4) is 0 Å². The second-order valence-corrected chi connectivity index (χ2v) is 17.1. The zero-order valence-electron chi connectivity index (χ0n) is 29.3. The van der Waals surface area contributed by atoms with Crippen molar-refractivity contribution in [3.63, 3.8) is 0 Å². The number of carbonyl (C=O) groups excluding carboxylic acids is 2. The fraction of sp³-hybridized carbons (Fsp3) is 0.350. The highest BCUT2D eigenvalue weighted by molar-refractivity contribution is 9.08. The lowest BCUT2D eigenvalue weighted by atomic mass is 10.1. The number of nitrogens with zero attached hydrogens (tertiary/aromatic N) is 7. The van der Waals surface area contributed by atoms with E-state index in [0.29, 0.717) is 37.6 Å². The molecule has 0 unspecified atom stereocenters. The molecule has 3 aliphatic rings. The van der Waals surface area contributed by atoms with E-state index in [-0.39, 0.29) is 34.9 Å². The van der Waals surface area contributed by atoms with E-state index >= 15 is 0 Å². The molecule has 5 heterocycles. The normalized spacial score (nSPS) is 17.1. The largest absolute Gasteiger partial charge is 0.299 e. The first-order chi connectivity index (χ1) is 25.7. The monoisotopic (exact) mass is 793 g/mol. The molecule has 272 valence electrons. The summed E-state index contributed by atoms with van der Waals surface area (Å²) in [5.74, 6) is 2.64. The molecule has 53 heavy (non-hydrogen) atoms. The Morgan fingerprint density at radius 1 is 0.642 bits per heavy atom. The topological polar surface area (TPSA) is 132 Å². The van der Waals surface area contributed by atoms with Crippen molar-refractivity contribution >= 4 is 48.6 Å². The van der Waals surface area contributed by atoms with Crippen molar-refractivity contribution in [2.75, 3.05) is 24.6 Å². The number of hydrogen-bond acceptors (Lipinski definition) is 9. The summed E-state index contributed by atoms with van der Waals surface area (Å²) in [5.41, 5.74) is 7.94. The minimum absolute atomic E-state index is 0.212. The highest BCUT2D eigenvalue weighted by atomic mass is 79.9. The molecular weight excluding hydrogens is 754 g/mol. The van der Waals surface area contributed by atoms with Gasteiger partial charge in [-0.15, -0.1) is 0 Å². The lowest BCUT2D eigenvalue weighted by Crippen LogP contribution is -2.39.